The van der Waals surface area contributed by atoms with E-state index in [9.17, 15) is 9.90 Å². The van der Waals surface area contributed by atoms with Gasteiger partial charge < -0.3 is 24.4 Å². The van der Waals surface area contributed by atoms with Gasteiger partial charge in [0.05, 0.1) is 39.6 Å². The largest absolute Gasteiger partial charge is 0.496 e. The molecule has 0 aliphatic rings. The number of hydrogen-bond acceptors (Lipinski definition) is 10. The van der Waals surface area contributed by atoms with Crippen molar-refractivity contribution in [1.29, 1.82) is 0 Å². The Morgan fingerprint density at radius 3 is 2.71 bits per heavy atom. The molecule has 0 fully saturated rings. The van der Waals surface area contributed by atoms with Crippen molar-refractivity contribution in [2.75, 3.05) is 24.9 Å². The van der Waals surface area contributed by atoms with Crippen LogP contribution in [-0.2, 0) is 24.4 Å². The second-order valence-electron chi connectivity index (χ2n) is 7.54. The molecule has 0 aliphatic heterocycles. The Morgan fingerprint density at radius 1 is 1.21 bits per heavy atom. The van der Waals surface area contributed by atoms with Gasteiger partial charge in [0.1, 0.15) is 28.2 Å². The number of rotatable bonds is 8. The number of carbonyl (C=O) groups is 1. The van der Waals surface area contributed by atoms with Crippen LogP contribution in [0.4, 0.5) is 16.6 Å². The first-order chi connectivity index (χ1) is 16.4. The first-order valence-electron chi connectivity index (χ1n) is 10.4. The maximum absolute atomic E-state index is 11.8. The molecule has 0 unspecified atom stereocenters. The highest BCUT2D eigenvalue weighted by Crippen LogP contribution is 2.28. The Labute approximate surface area is 194 Å². The SMILES string of the molecule is COC(=O)Nc1nc(NCc2cc(C)on2)c2c(n1)c(C)nn2Cc1ccc(CO)cc1OC. The summed E-state index contributed by atoms with van der Waals surface area (Å²) in [6.07, 6.45) is -0.684. The predicted octanol–water partition coefficient (Wildman–Crippen LogP) is 2.77. The van der Waals surface area contributed by atoms with E-state index in [-0.39, 0.29) is 12.6 Å². The van der Waals surface area contributed by atoms with Crippen LogP contribution in [0.15, 0.2) is 28.8 Å². The number of aliphatic hydroxyl groups is 1. The number of nitrogens with one attached hydrogen (secondary N) is 2. The smallest absolute Gasteiger partial charge is 0.413 e. The number of methoxy groups -OCH3 is 2. The molecule has 0 bridgehead atoms. The highest BCUT2D eigenvalue weighted by atomic mass is 16.5. The van der Waals surface area contributed by atoms with E-state index in [2.05, 4.69) is 35.6 Å². The van der Waals surface area contributed by atoms with E-state index in [1.54, 1.807) is 17.9 Å². The average molecular weight is 467 g/mol. The zero-order valence-electron chi connectivity index (χ0n) is 19.2. The van der Waals surface area contributed by atoms with E-state index in [1.165, 1.54) is 7.11 Å². The number of aliphatic hydroxyl groups excluding tert-OH is 1. The summed E-state index contributed by atoms with van der Waals surface area (Å²) in [7, 11) is 2.84. The lowest BCUT2D eigenvalue weighted by molar-refractivity contribution is 0.186. The molecule has 3 heterocycles. The third kappa shape index (κ3) is 4.76. The van der Waals surface area contributed by atoms with E-state index < -0.39 is 6.09 Å². The van der Waals surface area contributed by atoms with E-state index in [1.807, 2.05) is 32.0 Å². The van der Waals surface area contributed by atoms with Crippen LogP contribution in [0.25, 0.3) is 11.0 Å². The van der Waals surface area contributed by atoms with Crippen LogP contribution in [-0.4, -0.2) is 50.3 Å². The molecule has 3 aromatic heterocycles. The molecule has 1 amide bonds. The molecule has 12 nitrogen and oxygen atoms in total. The molecular weight excluding hydrogens is 442 g/mol. The highest BCUT2D eigenvalue weighted by molar-refractivity contribution is 5.91. The summed E-state index contributed by atoms with van der Waals surface area (Å²) >= 11 is 0. The number of aromatic nitrogens is 5. The van der Waals surface area contributed by atoms with Gasteiger partial charge in [0.2, 0.25) is 5.95 Å². The molecule has 4 rings (SSSR count). The minimum atomic E-state index is -0.684. The monoisotopic (exact) mass is 467 g/mol. The topological polar surface area (TPSA) is 149 Å². The fourth-order valence-electron chi connectivity index (χ4n) is 3.52. The van der Waals surface area contributed by atoms with Gasteiger partial charge in [0.25, 0.3) is 0 Å². The minimum Gasteiger partial charge on any atom is -0.496 e. The molecule has 0 aliphatic carbocycles. The molecule has 0 radical (unpaired) electrons. The fourth-order valence-corrected chi connectivity index (χ4v) is 3.52. The lowest BCUT2D eigenvalue weighted by Gasteiger charge is -2.13. The summed E-state index contributed by atoms with van der Waals surface area (Å²) < 4.78 is 17.1. The number of fused-ring (bicyclic) bond motifs is 1. The molecule has 12 heteroatoms. The maximum Gasteiger partial charge on any atom is 0.413 e. The van der Waals surface area contributed by atoms with Crippen molar-refractivity contribution >= 4 is 28.9 Å². The van der Waals surface area contributed by atoms with E-state index in [0.717, 1.165) is 11.1 Å². The first-order valence-corrected chi connectivity index (χ1v) is 10.4. The Hall–Kier alpha value is -4.19. The number of aryl methyl sites for hydroxylation is 2. The summed E-state index contributed by atoms with van der Waals surface area (Å²) in [4.78, 5) is 20.7. The fraction of sp³-hybridized carbons (Fsp3) is 0.318. The van der Waals surface area contributed by atoms with Crippen LogP contribution in [0, 0.1) is 13.8 Å². The number of carbonyl (C=O) groups excluding carboxylic acids is 1. The van der Waals surface area contributed by atoms with E-state index >= 15 is 0 Å². The van der Waals surface area contributed by atoms with Gasteiger partial charge in [-0.3, -0.25) is 10.00 Å². The van der Waals surface area contributed by atoms with Crippen molar-refractivity contribution in [3.05, 3.63) is 52.5 Å². The molecule has 1 aromatic carbocycles. The second kappa shape index (κ2) is 9.75. The Balaban J connectivity index is 1.77. The molecule has 0 saturated heterocycles. The van der Waals surface area contributed by atoms with E-state index in [4.69, 9.17) is 9.26 Å². The highest BCUT2D eigenvalue weighted by Gasteiger charge is 2.19. The number of benzene rings is 1. The van der Waals surface area contributed by atoms with Crippen LogP contribution in [0.5, 0.6) is 5.75 Å². The van der Waals surface area contributed by atoms with Crippen LogP contribution in [0.2, 0.25) is 0 Å². The standard InChI is InChI=1S/C22H25N7O5/c1-12-7-16(28-34-12)9-23-20-19-18(24-21(25-20)26-22(31)33-4)13(2)27-29(19)10-15-6-5-14(11-30)8-17(15)32-3/h5-8,30H,9-11H2,1-4H3,(H2,23,24,25,26,31). The quantitative estimate of drug-likeness (QED) is 0.353. The Kier molecular flexibility index (Phi) is 6.59. The maximum atomic E-state index is 11.8. The van der Waals surface area contributed by atoms with Crippen molar-refractivity contribution in [2.24, 2.45) is 0 Å². The predicted molar refractivity (Wildman–Crippen MR) is 123 cm³/mol. The van der Waals surface area contributed by atoms with Crippen LogP contribution >= 0.6 is 0 Å². The van der Waals surface area contributed by atoms with Crippen LogP contribution < -0.4 is 15.4 Å². The van der Waals surface area contributed by atoms with Crippen molar-refractivity contribution in [2.45, 2.75) is 33.5 Å². The summed E-state index contributed by atoms with van der Waals surface area (Å²) in [5.74, 6) is 1.84. The lowest BCUT2D eigenvalue weighted by atomic mass is 10.1. The van der Waals surface area contributed by atoms with Gasteiger partial charge in [0.15, 0.2) is 5.82 Å². The van der Waals surface area contributed by atoms with Crippen molar-refractivity contribution < 1.29 is 23.9 Å². The number of ether oxygens (including phenoxy) is 2. The van der Waals surface area contributed by atoms with Crippen LogP contribution in [0.3, 0.4) is 0 Å². The zero-order valence-corrected chi connectivity index (χ0v) is 19.2. The molecule has 0 atom stereocenters. The van der Waals surface area contributed by atoms with Gasteiger partial charge in [-0.2, -0.15) is 10.1 Å². The minimum absolute atomic E-state index is 0.0747. The van der Waals surface area contributed by atoms with Gasteiger partial charge in [-0.1, -0.05) is 17.3 Å². The molecule has 4 aromatic rings. The van der Waals surface area contributed by atoms with Crippen molar-refractivity contribution in [1.82, 2.24) is 24.9 Å². The number of amides is 1. The third-order valence-electron chi connectivity index (χ3n) is 5.12. The first kappa shape index (κ1) is 23.0. The van der Waals surface area contributed by atoms with Gasteiger partial charge in [0, 0.05) is 11.6 Å². The normalized spacial score (nSPS) is 11.0. The average Bonchev–Trinajstić information content (AvgIpc) is 3.40. The van der Waals surface area contributed by atoms with E-state index in [0.29, 0.717) is 52.8 Å². The van der Waals surface area contributed by atoms with Gasteiger partial charge >= 0.3 is 6.09 Å². The third-order valence-corrected chi connectivity index (χ3v) is 5.12. The molecule has 178 valence electrons. The lowest BCUT2D eigenvalue weighted by Crippen LogP contribution is -2.15. The Bertz CT molecular complexity index is 1330. The molecule has 0 saturated carbocycles. The number of hydrogen-bond donors (Lipinski definition) is 3. The van der Waals surface area contributed by atoms with Gasteiger partial charge in [-0.25, -0.2) is 9.78 Å². The number of nitrogens with zero attached hydrogens (tertiary/aromatic N) is 5. The van der Waals surface area contributed by atoms with Gasteiger partial charge in [-0.15, -0.1) is 0 Å². The molecule has 34 heavy (non-hydrogen) atoms. The number of anilines is 2. The second-order valence-corrected chi connectivity index (χ2v) is 7.54. The zero-order chi connectivity index (χ0) is 24.2. The Morgan fingerprint density at radius 2 is 2.03 bits per heavy atom. The molecule has 3 N–H and O–H groups in total. The summed E-state index contributed by atoms with van der Waals surface area (Å²) in [6.45, 7) is 4.25. The van der Waals surface area contributed by atoms with Crippen LogP contribution in [0.1, 0.15) is 28.3 Å². The summed E-state index contributed by atoms with van der Waals surface area (Å²) in [5, 5.41) is 23.8. The summed E-state index contributed by atoms with van der Waals surface area (Å²) in [5.41, 5.74) is 4.15. The molecular formula is C22H25N7O5. The summed E-state index contributed by atoms with van der Waals surface area (Å²) in [6, 6.07) is 7.31. The van der Waals surface area contributed by atoms with Gasteiger partial charge in [-0.05, 0) is 25.5 Å². The molecule has 0 spiro atoms. The van der Waals surface area contributed by atoms with Crippen molar-refractivity contribution in [3.8, 4) is 5.75 Å². The van der Waals surface area contributed by atoms with Crippen molar-refractivity contribution in [3.63, 3.8) is 0 Å².